The van der Waals surface area contributed by atoms with Gasteiger partial charge in [0.1, 0.15) is 0 Å². The van der Waals surface area contributed by atoms with E-state index in [2.05, 4.69) is 0 Å². The summed E-state index contributed by atoms with van der Waals surface area (Å²) in [5.41, 5.74) is 1.23. The van der Waals surface area contributed by atoms with Crippen molar-refractivity contribution in [3.8, 4) is 0 Å². The molecule has 0 aromatic heterocycles. The summed E-state index contributed by atoms with van der Waals surface area (Å²) in [5.74, 6) is -2.04. The summed E-state index contributed by atoms with van der Waals surface area (Å²) in [6, 6.07) is 7.01. The zero-order valence-electron chi connectivity index (χ0n) is 16.1. The average molecular weight is 388 g/mol. The van der Waals surface area contributed by atoms with Gasteiger partial charge >= 0.3 is 11.9 Å². The van der Waals surface area contributed by atoms with Crippen molar-refractivity contribution in [1.29, 1.82) is 0 Å². The first kappa shape index (κ1) is 19.9. The van der Waals surface area contributed by atoms with E-state index in [1.54, 1.807) is 38.1 Å². The molecule has 0 N–H and O–H groups in total. The highest BCUT2D eigenvalue weighted by Crippen LogP contribution is 2.32. The molecule has 0 radical (unpaired) electrons. The largest absolute Gasteiger partial charge is 0.466 e. The van der Waals surface area contributed by atoms with Gasteiger partial charge in [0.15, 0.2) is 0 Å². The minimum atomic E-state index is -0.488. The minimum absolute atomic E-state index is 0.108. The minimum Gasteiger partial charge on any atom is -0.466 e. The normalized spacial score (nSPS) is 21.9. The van der Waals surface area contributed by atoms with Gasteiger partial charge in [0.2, 0.25) is 11.8 Å². The fourth-order valence-electron chi connectivity index (χ4n) is 3.58. The molecular formula is C20H24N2O6. The zero-order valence-corrected chi connectivity index (χ0v) is 16.1. The number of esters is 2. The number of nitrogens with zero attached hydrogens (tertiary/aromatic N) is 2. The lowest BCUT2D eigenvalue weighted by molar-refractivity contribution is -0.148. The molecule has 2 aliphatic heterocycles. The molecule has 2 fully saturated rings. The summed E-state index contributed by atoms with van der Waals surface area (Å²) < 4.78 is 10.0. The molecule has 2 amide bonds. The second-order valence-corrected chi connectivity index (χ2v) is 6.83. The van der Waals surface area contributed by atoms with E-state index in [1.807, 2.05) is 0 Å². The molecular weight excluding hydrogens is 364 g/mol. The number of rotatable bonds is 6. The first-order valence-corrected chi connectivity index (χ1v) is 9.48. The van der Waals surface area contributed by atoms with Gasteiger partial charge in [-0.05, 0) is 32.0 Å². The molecule has 8 nitrogen and oxygen atoms in total. The van der Waals surface area contributed by atoms with Crippen molar-refractivity contribution < 1.29 is 28.7 Å². The van der Waals surface area contributed by atoms with E-state index in [0.29, 0.717) is 11.4 Å². The first-order valence-electron chi connectivity index (χ1n) is 9.48. The van der Waals surface area contributed by atoms with Gasteiger partial charge in [-0.15, -0.1) is 0 Å². The van der Waals surface area contributed by atoms with Crippen molar-refractivity contribution >= 4 is 35.1 Å². The number of benzene rings is 1. The third-order valence-corrected chi connectivity index (χ3v) is 4.94. The number of carbonyl (C=O) groups is 4. The van der Waals surface area contributed by atoms with Gasteiger partial charge in [-0.3, -0.25) is 19.2 Å². The van der Waals surface area contributed by atoms with E-state index in [4.69, 9.17) is 9.47 Å². The molecule has 0 unspecified atom stereocenters. The standard InChI is InChI=1S/C20H24N2O6/c1-3-27-19(25)13-8-17(23)21(11-13)15-6-5-7-16(10-15)22-12-14(9-18(22)24)20(26)28-4-2/h5-7,10,13-14H,3-4,8-9,11-12H2,1-2H3/t13-,14-/m1/s1. The van der Waals surface area contributed by atoms with Crippen LogP contribution in [0.1, 0.15) is 26.7 Å². The van der Waals surface area contributed by atoms with Crippen LogP contribution in [0.25, 0.3) is 0 Å². The summed E-state index contributed by atoms with van der Waals surface area (Å²) in [7, 11) is 0. The van der Waals surface area contributed by atoms with Gasteiger partial charge in [-0.25, -0.2) is 0 Å². The monoisotopic (exact) mass is 388 g/mol. The molecule has 28 heavy (non-hydrogen) atoms. The zero-order chi connectivity index (χ0) is 20.3. The van der Waals surface area contributed by atoms with Crippen LogP contribution < -0.4 is 9.80 Å². The summed E-state index contributed by atoms with van der Waals surface area (Å²) in [6.45, 7) is 4.51. The molecule has 3 rings (SSSR count). The molecule has 2 aliphatic rings. The number of amides is 2. The smallest absolute Gasteiger partial charge is 0.311 e. The number of anilines is 2. The van der Waals surface area contributed by atoms with Crippen LogP contribution >= 0.6 is 0 Å². The Labute approximate surface area is 163 Å². The van der Waals surface area contributed by atoms with Crippen molar-refractivity contribution in [2.75, 3.05) is 36.1 Å². The van der Waals surface area contributed by atoms with Crippen molar-refractivity contribution in [2.45, 2.75) is 26.7 Å². The Hall–Kier alpha value is -2.90. The predicted molar refractivity (Wildman–Crippen MR) is 101 cm³/mol. The average Bonchev–Trinajstić information content (AvgIpc) is 3.25. The Balaban J connectivity index is 1.74. The molecule has 1 aromatic rings. The Bertz CT molecular complexity index is 731. The maximum atomic E-state index is 12.4. The van der Waals surface area contributed by atoms with Crippen LogP contribution in [-0.4, -0.2) is 50.1 Å². The Morgan fingerprint density at radius 3 is 1.71 bits per heavy atom. The van der Waals surface area contributed by atoms with Gasteiger partial charge in [0.25, 0.3) is 0 Å². The highest BCUT2D eigenvalue weighted by molar-refractivity contribution is 6.02. The van der Waals surface area contributed by atoms with Crippen LogP contribution in [0.2, 0.25) is 0 Å². The van der Waals surface area contributed by atoms with Gasteiger partial charge in [-0.2, -0.15) is 0 Å². The van der Waals surface area contributed by atoms with Crippen LogP contribution in [0.5, 0.6) is 0 Å². The lowest BCUT2D eigenvalue weighted by Gasteiger charge is -2.21. The number of hydrogen-bond donors (Lipinski definition) is 0. The first-order chi connectivity index (χ1) is 13.4. The van der Waals surface area contributed by atoms with Crippen LogP contribution in [-0.2, 0) is 28.7 Å². The lowest BCUT2D eigenvalue weighted by atomic mass is 10.1. The van der Waals surface area contributed by atoms with Gasteiger partial charge in [0.05, 0.1) is 25.0 Å². The van der Waals surface area contributed by atoms with Crippen molar-refractivity contribution in [2.24, 2.45) is 11.8 Å². The van der Waals surface area contributed by atoms with E-state index in [9.17, 15) is 19.2 Å². The van der Waals surface area contributed by atoms with Crippen LogP contribution in [0.4, 0.5) is 11.4 Å². The molecule has 2 atom stereocenters. The summed E-state index contributed by atoms with van der Waals surface area (Å²) in [6.07, 6.45) is 0.216. The third-order valence-electron chi connectivity index (χ3n) is 4.94. The molecule has 2 saturated heterocycles. The molecule has 150 valence electrons. The fourth-order valence-corrected chi connectivity index (χ4v) is 3.58. The second-order valence-electron chi connectivity index (χ2n) is 6.83. The van der Waals surface area contributed by atoms with E-state index >= 15 is 0 Å². The van der Waals surface area contributed by atoms with Crippen molar-refractivity contribution in [3.05, 3.63) is 24.3 Å². The predicted octanol–water partition coefficient (Wildman–Crippen LogP) is 1.52. The van der Waals surface area contributed by atoms with E-state index < -0.39 is 11.8 Å². The van der Waals surface area contributed by atoms with Gasteiger partial charge in [0, 0.05) is 37.3 Å². The maximum Gasteiger partial charge on any atom is 0.311 e. The summed E-state index contributed by atoms with van der Waals surface area (Å²) in [5, 5.41) is 0. The quantitative estimate of drug-likeness (QED) is 0.686. The number of hydrogen-bond acceptors (Lipinski definition) is 6. The molecule has 0 bridgehead atoms. The number of carbonyl (C=O) groups excluding carboxylic acids is 4. The maximum absolute atomic E-state index is 12.4. The van der Waals surface area contributed by atoms with Crippen LogP contribution in [0.3, 0.4) is 0 Å². The fraction of sp³-hybridized carbons (Fsp3) is 0.500. The van der Waals surface area contributed by atoms with Crippen LogP contribution in [0, 0.1) is 11.8 Å². The Morgan fingerprint density at radius 1 is 0.893 bits per heavy atom. The van der Waals surface area contributed by atoms with E-state index in [1.165, 1.54) is 9.80 Å². The molecule has 2 heterocycles. The van der Waals surface area contributed by atoms with Crippen molar-refractivity contribution in [1.82, 2.24) is 0 Å². The highest BCUT2D eigenvalue weighted by Gasteiger charge is 2.38. The van der Waals surface area contributed by atoms with E-state index in [0.717, 1.165) is 0 Å². The Kier molecular flexibility index (Phi) is 5.96. The molecule has 0 aliphatic carbocycles. The van der Waals surface area contributed by atoms with Crippen LogP contribution in [0.15, 0.2) is 24.3 Å². The molecule has 0 spiro atoms. The number of ether oxygens (including phenoxy) is 2. The Morgan fingerprint density at radius 2 is 1.32 bits per heavy atom. The second kappa shape index (κ2) is 8.41. The van der Waals surface area contributed by atoms with Gasteiger partial charge in [-0.1, -0.05) is 6.07 Å². The topological polar surface area (TPSA) is 93.2 Å². The third kappa shape index (κ3) is 4.00. The van der Waals surface area contributed by atoms with Crippen molar-refractivity contribution in [3.63, 3.8) is 0 Å². The van der Waals surface area contributed by atoms with Gasteiger partial charge < -0.3 is 19.3 Å². The summed E-state index contributed by atoms with van der Waals surface area (Å²) >= 11 is 0. The lowest BCUT2D eigenvalue weighted by Crippen LogP contribution is -2.28. The molecule has 0 saturated carbocycles. The SMILES string of the molecule is CCOC(=O)[C@@H]1CC(=O)N(c2cccc(N3C[C@H](C(=O)OCC)CC3=O)c2)C1. The molecule has 8 heteroatoms. The highest BCUT2D eigenvalue weighted by atomic mass is 16.5. The van der Waals surface area contributed by atoms with E-state index in [-0.39, 0.29) is 62.9 Å². The molecule has 1 aromatic carbocycles. The summed E-state index contributed by atoms with van der Waals surface area (Å²) in [4.78, 5) is 51.7.